The second-order valence-corrected chi connectivity index (χ2v) is 7.36. The van der Waals surface area contributed by atoms with Gasteiger partial charge in [-0.2, -0.15) is 0 Å². The van der Waals surface area contributed by atoms with E-state index in [1.807, 2.05) is 13.8 Å². The predicted octanol–water partition coefficient (Wildman–Crippen LogP) is 2.39. The molecule has 3 atom stereocenters. The molecule has 0 aromatic heterocycles. The number of amides is 1. The Hall–Kier alpha value is -1.42. The molecule has 0 bridgehead atoms. The summed E-state index contributed by atoms with van der Waals surface area (Å²) >= 11 is 5.05. The first-order valence-corrected chi connectivity index (χ1v) is 7.98. The average Bonchev–Trinajstić information content (AvgIpc) is 3.19. The van der Waals surface area contributed by atoms with Gasteiger partial charge in [-0.05, 0) is 35.8 Å². The first-order valence-electron chi connectivity index (χ1n) is 7.57. The van der Waals surface area contributed by atoms with Crippen molar-refractivity contribution in [3.05, 3.63) is 35.4 Å². The zero-order valence-corrected chi connectivity index (χ0v) is 13.4. The van der Waals surface area contributed by atoms with Gasteiger partial charge in [-0.25, -0.2) is 0 Å². The van der Waals surface area contributed by atoms with E-state index in [4.69, 9.17) is 18.0 Å². The molecule has 0 aliphatic heterocycles. The lowest BCUT2D eigenvalue weighted by Gasteiger charge is -2.23. The number of nitrogens with two attached hydrogens (primary N) is 1. The van der Waals surface area contributed by atoms with E-state index in [0.29, 0.717) is 23.4 Å². The summed E-state index contributed by atoms with van der Waals surface area (Å²) in [5.74, 6) is 1.23. The van der Waals surface area contributed by atoms with Crippen molar-refractivity contribution in [3.8, 4) is 0 Å². The van der Waals surface area contributed by atoms with Crippen LogP contribution in [0.15, 0.2) is 24.3 Å². The first-order chi connectivity index (χ1) is 9.92. The predicted molar refractivity (Wildman–Crippen MR) is 88.1 cm³/mol. The molecule has 0 heterocycles. The fourth-order valence-corrected chi connectivity index (χ4v) is 3.51. The van der Waals surface area contributed by atoms with Crippen LogP contribution >= 0.6 is 12.2 Å². The molecule has 21 heavy (non-hydrogen) atoms. The number of hydrogen-bond donors (Lipinski definition) is 2. The Morgan fingerprint density at radius 1 is 1.43 bits per heavy atom. The van der Waals surface area contributed by atoms with E-state index in [0.717, 1.165) is 12.8 Å². The van der Waals surface area contributed by atoms with Crippen LogP contribution in [-0.4, -0.2) is 17.4 Å². The quantitative estimate of drug-likeness (QED) is 0.840. The highest BCUT2D eigenvalue weighted by Gasteiger charge is 2.56. The zero-order valence-electron chi connectivity index (χ0n) is 12.6. The molecule has 2 aliphatic rings. The van der Waals surface area contributed by atoms with Crippen LogP contribution in [0.25, 0.3) is 0 Å². The molecule has 3 rings (SSSR count). The van der Waals surface area contributed by atoms with Crippen LogP contribution in [0.2, 0.25) is 0 Å². The monoisotopic (exact) mass is 302 g/mol. The van der Waals surface area contributed by atoms with Gasteiger partial charge in [0.15, 0.2) is 0 Å². The minimum absolute atomic E-state index is 0.135. The third-order valence-corrected chi connectivity index (χ3v) is 5.56. The van der Waals surface area contributed by atoms with Crippen molar-refractivity contribution in [1.82, 2.24) is 5.32 Å². The van der Waals surface area contributed by atoms with Gasteiger partial charge in [0, 0.05) is 17.9 Å². The normalized spacial score (nSPS) is 26.5. The minimum atomic E-state index is -0.330. The van der Waals surface area contributed by atoms with Crippen molar-refractivity contribution in [2.45, 2.75) is 32.6 Å². The molecule has 112 valence electrons. The SMILES string of the molecule is CC(C)(CNC(=O)C1C2CCc3ccccc3C21)C(N)=S. The Labute approximate surface area is 131 Å². The van der Waals surface area contributed by atoms with Gasteiger partial charge in [-0.3, -0.25) is 4.79 Å². The van der Waals surface area contributed by atoms with Gasteiger partial charge in [0.2, 0.25) is 5.91 Å². The largest absolute Gasteiger partial charge is 0.393 e. The number of benzene rings is 1. The van der Waals surface area contributed by atoms with Crippen LogP contribution in [0.3, 0.4) is 0 Å². The van der Waals surface area contributed by atoms with E-state index in [1.165, 1.54) is 11.1 Å². The molecular weight excluding hydrogens is 280 g/mol. The van der Waals surface area contributed by atoms with Crippen molar-refractivity contribution in [2.24, 2.45) is 23.0 Å². The molecule has 1 aromatic rings. The topological polar surface area (TPSA) is 55.1 Å². The number of hydrogen-bond acceptors (Lipinski definition) is 2. The molecule has 2 aliphatic carbocycles. The maximum atomic E-state index is 12.5. The standard InChI is InChI=1S/C17H22N2OS/c1-17(2,16(18)21)9-19-15(20)14-12-8-7-10-5-3-4-6-11(10)13(12)14/h3-6,12-14H,7-9H2,1-2H3,(H2,18,21)(H,19,20). The molecule has 1 fully saturated rings. The Morgan fingerprint density at radius 3 is 2.86 bits per heavy atom. The van der Waals surface area contributed by atoms with Crippen LogP contribution < -0.4 is 11.1 Å². The summed E-state index contributed by atoms with van der Waals surface area (Å²) in [5.41, 5.74) is 8.17. The summed E-state index contributed by atoms with van der Waals surface area (Å²) in [5, 5.41) is 3.05. The lowest BCUT2D eigenvalue weighted by Crippen LogP contribution is -2.42. The Bertz CT molecular complexity index is 596. The van der Waals surface area contributed by atoms with E-state index < -0.39 is 0 Å². The Kier molecular flexibility index (Phi) is 3.52. The number of rotatable bonds is 4. The van der Waals surface area contributed by atoms with E-state index in [2.05, 4.69) is 29.6 Å². The van der Waals surface area contributed by atoms with E-state index in [9.17, 15) is 4.79 Å². The maximum absolute atomic E-state index is 12.5. The van der Waals surface area contributed by atoms with Crippen LogP contribution in [0.4, 0.5) is 0 Å². The number of fused-ring (bicyclic) bond motifs is 3. The summed E-state index contributed by atoms with van der Waals surface area (Å²) < 4.78 is 0. The highest BCUT2D eigenvalue weighted by Crippen LogP contribution is 2.59. The molecule has 1 aromatic carbocycles. The van der Waals surface area contributed by atoms with Gasteiger partial charge < -0.3 is 11.1 Å². The number of carbonyl (C=O) groups is 1. The molecule has 3 unspecified atom stereocenters. The average molecular weight is 302 g/mol. The first kappa shape index (κ1) is 14.5. The Balaban J connectivity index is 1.66. The molecule has 3 N–H and O–H groups in total. The lowest BCUT2D eigenvalue weighted by atomic mass is 9.92. The molecular formula is C17H22N2OS. The van der Waals surface area contributed by atoms with Gasteiger partial charge >= 0.3 is 0 Å². The zero-order chi connectivity index (χ0) is 15.2. The summed E-state index contributed by atoms with van der Waals surface area (Å²) in [6, 6.07) is 8.53. The molecule has 0 spiro atoms. The van der Waals surface area contributed by atoms with Crippen molar-refractivity contribution < 1.29 is 4.79 Å². The van der Waals surface area contributed by atoms with Crippen molar-refractivity contribution in [3.63, 3.8) is 0 Å². The third-order valence-electron chi connectivity index (χ3n) is 5.00. The third kappa shape index (κ3) is 2.57. The molecule has 0 radical (unpaired) electrons. The van der Waals surface area contributed by atoms with E-state index in [1.54, 1.807) is 0 Å². The number of nitrogens with one attached hydrogen (secondary N) is 1. The van der Waals surface area contributed by atoms with Gasteiger partial charge in [-0.1, -0.05) is 50.3 Å². The fourth-order valence-electron chi connectivity index (χ4n) is 3.44. The van der Waals surface area contributed by atoms with Crippen LogP contribution in [-0.2, 0) is 11.2 Å². The van der Waals surface area contributed by atoms with Crippen LogP contribution in [0, 0.1) is 17.3 Å². The van der Waals surface area contributed by atoms with Gasteiger partial charge in [0.1, 0.15) is 0 Å². The summed E-state index contributed by atoms with van der Waals surface area (Å²) in [6.07, 6.45) is 2.22. The summed E-state index contributed by atoms with van der Waals surface area (Å²) in [4.78, 5) is 12.9. The van der Waals surface area contributed by atoms with Gasteiger partial charge in [0.05, 0.1) is 4.99 Å². The second kappa shape index (κ2) is 5.09. The van der Waals surface area contributed by atoms with Gasteiger partial charge in [0.25, 0.3) is 0 Å². The highest BCUT2D eigenvalue weighted by atomic mass is 32.1. The number of aryl methyl sites for hydroxylation is 1. The van der Waals surface area contributed by atoms with Crippen molar-refractivity contribution >= 4 is 23.1 Å². The molecule has 1 saturated carbocycles. The number of thiocarbonyl (C=S) groups is 1. The fraction of sp³-hybridized carbons (Fsp3) is 0.529. The van der Waals surface area contributed by atoms with Crippen LogP contribution in [0.5, 0.6) is 0 Å². The molecule has 4 heteroatoms. The number of carbonyl (C=O) groups excluding carboxylic acids is 1. The minimum Gasteiger partial charge on any atom is -0.393 e. The maximum Gasteiger partial charge on any atom is 0.224 e. The summed E-state index contributed by atoms with van der Waals surface area (Å²) in [7, 11) is 0. The lowest BCUT2D eigenvalue weighted by molar-refractivity contribution is -0.123. The van der Waals surface area contributed by atoms with Crippen LogP contribution in [0.1, 0.15) is 37.3 Å². The molecule has 1 amide bonds. The smallest absolute Gasteiger partial charge is 0.224 e. The van der Waals surface area contributed by atoms with Crippen molar-refractivity contribution in [2.75, 3.05) is 6.54 Å². The van der Waals surface area contributed by atoms with Gasteiger partial charge in [-0.15, -0.1) is 0 Å². The van der Waals surface area contributed by atoms with E-state index in [-0.39, 0.29) is 17.2 Å². The van der Waals surface area contributed by atoms with E-state index >= 15 is 0 Å². The van der Waals surface area contributed by atoms with Crippen molar-refractivity contribution in [1.29, 1.82) is 0 Å². The Morgan fingerprint density at radius 2 is 2.14 bits per heavy atom. The highest BCUT2D eigenvalue weighted by molar-refractivity contribution is 7.80. The molecule has 0 saturated heterocycles. The second-order valence-electron chi connectivity index (χ2n) is 6.92. The molecule has 3 nitrogen and oxygen atoms in total. The summed E-state index contributed by atoms with van der Waals surface area (Å²) in [6.45, 7) is 4.44.